The van der Waals surface area contributed by atoms with Gasteiger partial charge < -0.3 is 19.4 Å². The van der Waals surface area contributed by atoms with Gasteiger partial charge in [0.25, 0.3) is 0 Å². The number of benzene rings is 2. The smallest absolute Gasteiger partial charge is 0.171 e. The lowest BCUT2D eigenvalue weighted by Gasteiger charge is -2.30. The van der Waals surface area contributed by atoms with Gasteiger partial charge in [-0.25, -0.2) is 8.78 Å². The van der Waals surface area contributed by atoms with Crippen LogP contribution in [0.25, 0.3) is 6.08 Å². The molecule has 0 radical (unpaired) electrons. The minimum absolute atomic E-state index is 0.265. The standard InChI is InChI=1S/C26H28F2N4O2/c1-17-15-32(16-29-17)23-6-5-18(11-25(23)33-2)10-19-4-3-8-31-9-7-24(34-30-26(19)31)20-12-21(27)14-22(28)13-20/h5-6,10-14,16-17,24H,3-4,7-9,15H2,1-2H3/b19-10+/t17?,24-/m1/s1. The molecule has 0 amide bonds. The van der Waals surface area contributed by atoms with Gasteiger partial charge in [-0.3, -0.25) is 4.99 Å². The Labute approximate surface area is 198 Å². The van der Waals surface area contributed by atoms with E-state index in [2.05, 4.69) is 45.1 Å². The third-order valence-corrected chi connectivity index (χ3v) is 6.42. The minimum atomic E-state index is -0.610. The number of nitrogens with zero attached hydrogens (tertiary/aromatic N) is 4. The van der Waals surface area contributed by atoms with Gasteiger partial charge in [0.2, 0.25) is 0 Å². The monoisotopic (exact) mass is 466 g/mol. The Morgan fingerprint density at radius 1 is 1.12 bits per heavy atom. The molecule has 1 saturated heterocycles. The zero-order valence-corrected chi connectivity index (χ0v) is 19.4. The van der Waals surface area contributed by atoms with E-state index >= 15 is 0 Å². The molecule has 178 valence electrons. The molecule has 0 bridgehead atoms. The molecule has 0 saturated carbocycles. The Hall–Kier alpha value is -3.42. The van der Waals surface area contributed by atoms with Crippen LogP contribution in [0.1, 0.15) is 43.4 Å². The number of rotatable bonds is 4. The van der Waals surface area contributed by atoms with Crippen LogP contribution in [0.2, 0.25) is 0 Å². The normalized spacial score (nSPS) is 23.4. The predicted octanol–water partition coefficient (Wildman–Crippen LogP) is 5.16. The van der Waals surface area contributed by atoms with Crippen molar-refractivity contribution < 1.29 is 18.4 Å². The number of hydrogen-bond donors (Lipinski definition) is 0. The molecule has 0 aromatic heterocycles. The number of ether oxygens (including phenoxy) is 1. The molecule has 3 aliphatic rings. The molecular weight excluding hydrogens is 438 g/mol. The Balaban J connectivity index is 1.40. The van der Waals surface area contributed by atoms with E-state index in [1.165, 1.54) is 12.1 Å². The van der Waals surface area contributed by atoms with Crippen LogP contribution in [-0.4, -0.2) is 49.9 Å². The van der Waals surface area contributed by atoms with Gasteiger partial charge in [0, 0.05) is 37.7 Å². The van der Waals surface area contributed by atoms with Gasteiger partial charge in [-0.2, -0.15) is 0 Å². The first-order valence-corrected chi connectivity index (χ1v) is 11.6. The molecule has 34 heavy (non-hydrogen) atoms. The van der Waals surface area contributed by atoms with E-state index in [1.54, 1.807) is 7.11 Å². The average molecular weight is 467 g/mol. The SMILES string of the molecule is COc1cc(/C=C2\CCCN3CC[C@H](c4cc(F)cc(F)c4)ON=C23)ccc1N1C=NC(C)C1. The lowest BCUT2D eigenvalue weighted by molar-refractivity contribution is 0.0572. The molecule has 2 aromatic rings. The molecule has 5 rings (SSSR count). The zero-order valence-electron chi connectivity index (χ0n) is 19.4. The molecule has 8 heteroatoms. The molecular formula is C26H28F2N4O2. The van der Waals surface area contributed by atoms with Crippen molar-refractivity contribution in [3.8, 4) is 5.75 Å². The van der Waals surface area contributed by atoms with Gasteiger partial charge in [0.1, 0.15) is 17.4 Å². The lowest BCUT2D eigenvalue weighted by Crippen LogP contribution is -2.37. The Kier molecular flexibility index (Phi) is 6.22. The summed E-state index contributed by atoms with van der Waals surface area (Å²) >= 11 is 0. The third kappa shape index (κ3) is 4.62. The molecule has 3 heterocycles. The van der Waals surface area contributed by atoms with Crippen LogP contribution >= 0.6 is 0 Å². The third-order valence-electron chi connectivity index (χ3n) is 6.42. The molecule has 1 unspecified atom stereocenters. The van der Waals surface area contributed by atoms with E-state index in [4.69, 9.17) is 9.57 Å². The molecule has 0 spiro atoms. The molecule has 6 nitrogen and oxygen atoms in total. The maximum Gasteiger partial charge on any atom is 0.171 e. The highest BCUT2D eigenvalue weighted by molar-refractivity contribution is 6.02. The Bertz CT molecular complexity index is 1140. The topological polar surface area (TPSA) is 49.7 Å². The fourth-order valence-electron chi connectivity index (χ4n) is 4.74. The summed E-state index contributed by atoms with van der Waals surface area (Å²) in [5.74, 6) is 0.353. The minimum Gasteiger partial charge on any atom is -0.495 e. The molecule has 1 fully saturated rings. The van der Waals surface area contributed by atoms with Gasteiger partial charge in [-0.1, -0.05) is 11.2 Å². The van der Waals surface area contributed by atoms with Crippen molar-refractivity contribution in [1.82, 2.24) is 4.90 Å². The van der Waals surface area contributed by atoms with E-state index in [9.17, 15) is 8.78 Å². The van der Waals surface area contributed by atoms with Crippen LogP contribution < -0.4 is 9.64 Å². The second-order valence-corrected chi connectivity index (χ2v) is 8.96. The fraction of sp³-hybridized carbons (Fsp3) is 0.385. The van der Waals surface area contributed by atoms with Crippen LogP contribution in [0.15, 0.2) is 52.1 Å². The summed E-state index contributed by atoms with van der Waals surface area (Å²) in [5, 5.41) is 4.44. The van der Waals surface area contributed by atoms with Crippen molar-refractivity contribution in [1.29, 1.82) is 0 Å². The maximum absolute atomic E-state index is 13.7. The van der Waals surface area contributed by atoms with Gasteiger partial charge >= 0.3 is 0 Å². The van der Waals surface area contributed by atoms with Gasteiger partial charge in [-0.05, 0) is 61.2 Å². The maximum atomic E-state index is 13.7. The molecule has 3 aliphatic heterocycles. The average Bonchev–Trinajstić information content (AvgIpc) is 3.12. The second-order valence-electron chi connectivity index (χ2n) is 8.96. The van der Waals surface area contributed by atoms with Crippen LogP contribution in [0.4, 0.5) is 14.5 Å². The number of hydrogen-bond acceptors (Lipinski definition) is 6. The number of methoxy groups -OCH3 is 1. The summed E-state index contributed by atoms with van der Waals surface area (Å²) in [6.07, 6.45) is 5.96. The molecule has 0 N–H and O–H groups in total. The highest BCUT2D eigenvalue weighted by Gasteiger charge is 2.28. The lowest BCUT2D eigenvalue weighted by atomic mass is 9.99. The van der Waals surface area contributed by atoms with E-state index in [0.717, 1.165) is 60.4 Å². The predicted molar refractivity (Wildman–Crippen MR) is 129 cm³/mol. The van der Waals surface area contributed by atoms with Gasteiger partial charge in [-0.15, -0.1) is 0 Å². The number of halogens is 2. The molecule has 2 atom stereocenters. The van der Waals surface area contributed by atoms with E-state index in [1.807, 2.05) is 12.4 Å². The van der Waals surface area contributed by atoms with Crippen molar-refractivity contribution >= 4 is 23.9 Å². The van der Waals surface area contributed by atoms with Gasteiger partial charge in [0.05, 0.1) is 25.2 Å². The largest absolute Gasteiger partial charge is 0.495 e. The summed E-state index contributed by atoms with van der Waals surface area (Å²) in [5.41, 5.74) is 3.54. The Morgan fingerprint density at radius 2 is 1.94 bits per heavy atom. The zero-order chi connectivity index (χ0) is 23.7. The van der Waals surface area contributed by atoms with Crippen LogP contribution in [-0.2, 0) is 4.84 Å². The summed E-state index contributed by atoms with van der Waals surface area (Å²) in [4.78, 5) is 14.5. The van der Waals surface area contributed by atoms with E-state index in [0.29, 0.717) is 18.5 Å². The summed E-state index contributed by atoms with van der Waals surface area (Å²) in [7, 11) is 1.67. The number of piperidine rings is 1. The highest BCUT2D eigenvalue weighted by atomic mass is 19.1. The van der Waals surface area contributed by atoms with Crippen LogP contribution in [0.3, 0.4) is 0 Å². The van der Waals surface area contributed by atoms with Crippen LogP contribution in [0.5, 0.6) is 5.75 Å². The Morgan fingerprint density at radius 3 is 2.68 bits per heavy atom. The van der Waals surface area contributed by atoms with E-state index < -0.39 is 17.7 Å². The van der Waals surface area contributed by atoms with Gasteiger partial charge in [0.15, 0.2) is 11.9 Å². The highest BCUT2D eigenvalue weighted by Crippen LogP contribution is 2.33. The molecule has 2 aromatic carbocycles. The number of amidine groups is 1. The second kappa shape index (κ2) is 9.44. The van der Waals surface area contributed by atoms with Crippen molar-refractivity contribution in [3.63, 3.8) is 0 Å². The van der Waals surface area contributed by atoms with E-state index in [-0.39, 0.29) is 6.04 Å². The fourth-order valence-corrected chi connectivity index (χ4v) is 4.74. The first-order valence-electron chi connectivity index (χ1n) is 11.6. The van der Waals surface area contributed by atoms with Crippen molar-refractivity contribution in [3.05, 3.63) is 64.7 Å². The first kappa shape index (κ1) is 22.4. The van der Waals surface area contributed by atoms with Crippen LogP contribution in [0, 0.1) is 11.6 Å². The number of anilines is 1. The number of oxime groups is 1. The van der Waals surface area contributed by atoms with Crippen molar-refractivity contribution in [2.75, 3.05) is 31.6 Å². The van der Waals surface area contributed by atoms with Crippen molar-refractivity contribution in [2.45, 2.75) is 38.3 Å². The molecule has 0 aliphatic carbocycles. The summed E-state index contributed by atoms with van der Waals surface area (Å²) in [6, 6.07) is 9.90. The van der Waals surface area contributed by atoms with Crippen molar-refractivity contribution in [2.24, 2.45) is 10.1 Å². The quantitative estimate of drug-likeness (QED) is 0.624. The number of fused-ring (bicyclic) bond motifs is 1. The summed E-state index contributed by atoms with van der Waals surface area (Å²) < 4.78 is 33.1. The summed E-state index contributed by atoms with van der Waals surface area (Å²) in [6.45, 7) is 4.49. The number of aliphatic imine (C=N–C) groups is 1. The first-order chi connectivity index (χ1) is 16.5.